The molecule has 0 aliphatic carbocycles. The SMILES string of the molecule is Cc1cccc(-c2ccccc2C(C)OC[C@H](O)CNC(C)(C)Cc2ccc(C)c(Cl)c2)c1. The van der Waals surface area contributed by atoms with E-state index in [1.54, 1.807) is 0 Å². The van der Waals surface area contributed by atoms with Crippen LogP contribution in [0.25, 0.3) is 11.1 Å². The zero-order chi connectivity index (χ0) is 24.0. The molecule has 0 saturated carbocycles. The largest absolute Gasteiger partial charge is 0.389 e. The molecule has 0 aliphatic heterocycles. The lowest BCUT2D eigenvalue weighted by atomic mass is 9.94. The molecule has 3 rings (SSSR count). The molecule has 0 saturated heterocycles. The Balaban J connectivity index is 1.54. The number of nitrogens with one attached hydrogen (secondary N) is 1. The second kappa shape index (κ2) is 11.3. The second-order valence-electron chi connectivity index (χ2n) is 9.61. The van der Waals surface area contributed by atoms with Crippen molar-refractivity contribution in [1.29, 1.82) is 0 Å². The van der Waals surface area contributed by atoms with Gasteiger partial charge in [-0.1, -0.05) is 77.8 Å². The predicted molar refractivity (Wildman–Crippen MR) is 139 cm³/mol. The number of β-amino-alcohol motifs (C(OH)–C–C–N with tert-alkyl or cyclic N) is 1. The van der Waals surface area contributed by atoms with E-state index in [2.05, 4.69) is 74.6 Å². The summed E-state index contributed by atoms with van der Waals surface area (Å²) in [6.45, 7) is 11.1. The monoisotopic (exact) mass is 465 g/mol. The van der Waals surface area contributed by atoms with E-state index in [-0.39, 0.29) is 18.2 Å². The van der Waals surface area contributed by atoms with E-state index in [9.17, 15) is 5.11 Å². The van der Waals surface area contributed by atoms with Crippen LogP contribution >= 0.6 is 11.6 Å². The van der Waals surface area contributed by atoms with Crippen molar-refractivity contribution in [2.45, 2.75) is 58.8 Å². The molecule has 2 N–H and O–H groups in total. The maximum atomic E-state index is 10.6. The summed E-state index contributed by atoms with van der Waals surface area (Å²) in [6.07, 6.45) is 0.0967. The Hall–Kier alpha value is -2.17. The molecule has 3 aromatic carbocycles. The minimum absolute atomic E-state index is 0.126. The number of ether oxygens (including phenoxy) is 1. The lowest BCUT2D eigenvalue weighted by Crippen LogP contribution is -2.46. The van der Waals surface area contributed by atoms with Crippen LogP contribution in [0.2, 0.25) is 5.02 Å². The standard InChI is InChI=1S/C29H36ClNO2/c1-20-9-8-10-24(15-20)27-12-7-6-11-26(27)22(3)33-19-25(32)18-31-29(4,5)17-23-14-13-21(2)28(30)16-23/h6-16,22,25,31-32H,17-19H2,1-5H3/t22?,25-/m1/s1. The Labute approximate surface area is 203 Å². The molecule has 1 unspecified atom stereocenters. The van der Waals surface area contributed by atoms with Crippen LogP contribution in [0.15, 0.2) is 66.7 Å². The summed E-state index contributed by atoms with van der Waals surface area (Å²) < 4.78 is 6.09. The number of aliphatic hydroxyl groups excluding tert-OH is 1. The van der Waals surface area contributed by atoms with Gasteiger partial charge in [0.05, 0.1) is 18.8 Å². The highest BCUT2D eigenvalue weighted by molar-refractivity contribution is 6.31. The first-order chi connectivity index (χ1) is 15.6. The van der Waals surface area contributed by atoms with E-state index in [1.807, 2.05) is 32.0 Å². The fourth-order valence-electron chi connectivity index (χ4n) is 4.04. The number of rotatable bonds is 10. The summed E-state index contributed by atoms with van der Waals surface area (Å²) in [5.74, 6) is 0. The van der Waals surface area contributed by atoms with Crippen LogP contribution in [0.4, 0.5) is 0 Å². The highest BCUT2D eigenvalue weighted by Crippen LogP contribution is 2.30. The molecule has 3 aromatic rings. The van der Waals surface area contributed by atoms with E-state index >= 15 is 0 Å². The average Bonchev–Trinajstić information content (AvgIpc) is 2.78. The molecule has 0 aliphatic rings. The van der Waals surface area contributed by atoms with Crippen molar-refractivity contribution in [3.05, 3.63) is 94.0 Å². The van der Waals surface area contributed by atoms with Gasteiger partial charge in [0, 0.05) is 17.1 Å². The van der Waals surface area contributed by atoms with E-state index in [0.717, 1.165) is 22.6 Å². The number of benzene rings is 3. The Morgan fingerprint density at radius 1 is 1.00 bits per heavy atom. The summed E-state index contributed by atoms with van der Waals surface area (Å²) in [4.78, 5) is 0. The molecule has 0 radical (unpaired) electrons. The molecule has 0 amide bonds. The third-order valence-corrected chi connectivity index (χ3v) is 6.37. The second-order valence-corrected chi connectivity index (χ2v) is 10.0. The molecule has 0 aromatic heterocycles. The first-order valence-corrected chi connectivity index (χ1v) is 12.0. The third-order valence-electron chi connectivity index (χ3n) is 5.97. The van der Waals surface area contributed by atoms with E-state index < -0.39 is 6.10 Å². The molecule has 0 fully saturated rings. The van der Waals surface area contributed by atoms with Crippen LogP contribution in [-0.2, 0) is 11.2 Å². The summed E-state index contributed by atoms with van der Waals surface area (Å²) in [7, 11) is 0. The topological polar surface area (TPSA) is 41.5 Å². The first kappa shape index (κ1) is 25.5. The quantitative estimate of drug-likeness (QED) is 0.351. The van der Waals surface area contributed by atoms with E-state index in [1.165, 1.54) is 22.3 Å². The van der Waals surface area contributed by atoms with Crippen LogP contribution in [0.3, 0.4) is 0 Å². The van der Waals surface area contributed by atoms with Crippen molar-refractivity contribution in [3.63, 3.8) is 0 Å². The number of aliphatic hydroxyl groups is 1. The number of hydrogen-bond acceptors (Lipinski definition) is 3. The van der Waals surface area contributed by atoms with Gasteiger partial charge in [-0.25, -0.2) is 0 Å². The van der Waals surface area contributed by atoms with Gasteiger partial charge in [0.25, 0.3) is 0 Å². The smallest absolute Gasteiger partial charge is 0.0898 e. The third kappa shape index (κ3) is 7.41. The zero-order valence-corrected chi connectivity index (χ0v) is 21.1. The van der Waals surface area contributed by atoms with Gasteiger partial charge in [-0.05, 0) is 74.9 Å². The van der Waals surface area contributed by atoms with Gasteiger partial charge >= 0.3 is 0 Å². The van der Waals surface area contributed by atoms with Gasteiger partial charge in [-0.2, -0.15) is 0 Å². The molecule has 4 heteroatoms. The van der Waals surface area contributed by atoms with Crippen molar-refractivity contribution >= 4 is 11.6 Å². The number of aryl methyl sites for hydroxylation is 2. The van der Waals surface area contributed by atoms with E-state index in [4.69, 9.17) is 16.3 Å². The van der Waals surface area contributed by atoms with Crippen molar-refractivity contribution in [2.75, 3.05) is 13.2 Å². The molecule has 0 spiro atoms. The van der Waals surface area contributed by atoms with Crippen molar-refractivity contribution in [1.82, 2.24) is 5.32 Å². The maximum Gasteiger partial charge on any atom is 0.0898 e. The highest BCUT2D eigenvalue weighted by Gasteiger charge is 2.20. The molecule has 2 atom stereocenters. The molecule has 176 valence electrons. The summed E-state index contributed by atoms with van der Waals surface area (Å²) in [6, 6.07) is 23.0. The fourth-order valence-corrected chi connectivity index (χ4v) is 4.25. The van der Waals surface area contributed by atoms with Gasteiger partial charge in [0.1, 0.15) is 0 Å². The maximum absolute atomic E-state index is 10.6. The van der Waals surface area contributed by atoms with Gasteiger partial charge in [0.15, 0.2) is 0 Å². The summed E-state index contributed by atoms with van der Waals surface area (Å²) in [5, 5.41) is 14.8. The van der Waals surface area contributed by atoms with Gasteiger partial charge in [-0.15, -0.1) is 0 Å². The van der Waals surface area contributed by atoms with Gasteiger partial charge in [0.2, 0.25) is 0 Å². The summed E-state index contributed by atoms with van der Waals surface area (Å²) in [5.41, 5.74) is 6.78. The highest BCUT2D eigenvalue weighted by atomic mass is 35.5. The minimum Gasteiger partial charge on any atom is -0.389 e. The molecular formula is C29H36ClNO2. The Kier molecular flexibility index (Phi) is 8.72. The lowest BCUT2D eigenvalue weighted by molar-refractivity contribution is -0.00397. The first-order valence-electron chi connectivity index (χ1n) is 11.6. The van der Waals surface area contributed by atoms with E-state index in [0.29, 0.717) is 6.54 Å². The molecule has 0 heterocycles. The molecular weight excluding hydrogens is 430 g/mol. The van der Waals surface area contributed by atoms with Crippen molar-refractivity contribution < 1.29 is 9.84 Å². The van der Waals surface area contributed by atoms with Crippen LogP contribution < -0.4 is 5.32 Å². The predicted octanol–water partition coefficient (Wildman–Crippen LogP) is 6.67. The van der Waals surface area contributed by atoms with Crippen LogP contribution in [0.1, 0.15) is 49.1 Å². The number of hydrogen-bond donors (Lipinski definition) is 2. The zero-order valence-electron chi connectivity index (χ0n) is 20.4. The van der Waals surface area contributed by atoms with Crippen LogP contribution in [0.5, 0.6) is 0 Å². The fraction of sp³-hybridized carbons (Fsp3) is 0.379. The molecule has 3 nitrogen and oxygen atoms in total. The Bertz CT molecular complexity index is 1060. The summed E-state index contributed by atoms with van der Waals surface area (Å²) >= 11 is 6.27. The van der Waals surface area contributed by atoms with Crippen molar-refractivity contribution in [3.8, 4) is 11.1 Å². The van der Waals surface area contributed by atoms with Gasteiger partial charge < -0.3 is 15.2 Å². The minimum atomic E-state index is -0.598. The van der Waals surface area contributed by atoms with Gasteiger partial charge in [-0.3, -0.25) is 0 Å². The van der Waals surface area contributed by atoms with Crippen LogP contribution in [-0.4, -0.2) is 29.9 Å². The number of halogens is 1. The molecule has 0 bridgehead atoms. The van der Waals surface area contributed by atoms with Crippen LogP contribution in [0, 0.1) is 13.8 Å². The Morgan fingerprint density at radius 3 is 2.48 bits per heavy atom. The normalized spacial score (nSPS) is 13.7. The van der Waals surface area contributed by atoms with Crippen molar-refractivity contribution in [2.24, 2.45) is 0 Å². The average molecular weight is 466 g/mol. The lowest BCUT2D eigenvalue weighted by Gasteiger charge is -2.28. The molecule has 33 heavy (non-hydrogen) atoms. The Morgan fingerprint density at radius 2 is 1.76 bits per heavy atom.